The predicted octanol–water partition coefficient (Wildman–Crippen LogP) is 3.26. The van der Waals surface area contributed by atoms with E-state index in [1.807, 2.05) is 13.0 Å². The first-order valence-electron chi connectivity index (χ1n) is 6.85. The molecule has 1 unspecified atom stereocenters. The smallest absolute Gasteiger partial charge is 0.166 e. The van der Waals surface area contributed by atoms with E-state index in [9.17, 15) is 0 Å². The summed E-state index contributed by atoms with van der Waals surface area (Å²) in [6.07, 6.45) is 1.06. The molecular weight excluding hydrogens is 278 g/mol. The molecule has 0 fully saturated rings. The van der Waals surface area contributed by atoms with Gasteiger partial charge in [0.15, 0.2) is 11.5 Å². The van der Waals surface area contributed by atoms with Crippen LogP contribution in [-0.2, 0) is 11.3 Å². The third-order valence-corrected chi connectivity index (χ3v) is 3.23. The number of halogens is 1. The standard InChI is InChI=1S/C15H24ClNO3/c1-5-11(2)20-15-12(10-17-6-7-18-3)8-13(16)9-14(15)19-4/h8-9,11,17H,5-7,10H2,1-4H3. The van der Waals surface area contributed by atoms with Crippen molar-refractivity contribution in [3.05, 3.63) is 22.7 Å². The zero-order valence-electron chi connectivity index (χ0n) is 12.7. The maximum atomic E-state index is 6.12. The number of ether oxygens (including phenoxy) is 3. The number of hydrogen-bond donors (Lipinski definition) is 1. The average molecular weight is 302 g/mol. The zero-order valence-corrected chi connectivity index (χ0v) is 13.4. The molecule has 1 atom stereocenters. The lowest BCUT2D eigenvalue weighted by Gasteiger charge is -2.19. The van der Waals surface area contributed by atoms with Gasteiger partial charge in [0, 0.05) is 36.9 Å². The Labute approximate surface area is 126 Å². The van der Waals surface area contributed by atoms with E-state index in [4.69, 9.17) is 25.8 Å². The summed E-state index contributed by atoms with van der Waals surface area (Å²) in [5, 5.41) is 3.93. The highest BCUT2D eigenvalue weighted by molar-refractivity contribution is 6.30. The molecule has 0 aliphatic carbocycles. The van der Waals surface area contributed by atoms with Gasteiger partial charge in [-0.2, -0.15) is 0 Å². The molecule has 0 bridgehead atoms. The van der Waals surface area contributed by atoms with Crippen molar-refractivity contribution in [1.29, 1.82) is 0 Å². The molecule has 0 aliphatic heterocycles. The summed E-state index contributed by atoms with van der Waals surface area (Å²) in [5.41, 5.74) is 0.991. The van der Waals surface area contributed by atoms with Crippen molar-refractivity contribution in [3.63, 3.8) is 0 Å². The van der Waals surface area contributed by atoms with Gasteiger partial charge in [0.2, 0.25) is 0 Å². The summed E-state index contributed by atoms with van der Waals surface area (Å²) >= 11 is 6.12. The van der Waals surface area contributed by atoms with Gasteiger partial charge in [0.25, 0.3) is 0 Å². The normalized spacial score (nSPS) is 12.2. The Bertz CT molecular complexity index is 412. The summed E-state index contributed by atoms with van der Waals surface area (Å²) in [6, 6.07) is 3.68. The van der Waals surface area contributed by atoms with Crippen LogP contribution >= 0.6 is 11.6 Å². The maximum Gasteiger partial charge on any atom is 0.166 e. The van der Waals surface area contributed by atoms with Crippen LogP contribution in [0.1, 0.15) is 25.8 Å². The molecule has 4 nitrogen and oxygen atoms in total. The predicted molar refractivity (Wildman–Crippen MR) is 82.0 cm³/mol. The van der Waals surface area contributed by atoms with Crippen molar-refractivity contribution < 1.29 is 14.2 Å². The second kappa shape index (κ2) is 9.06. The molecule has 0 aliphatic rings. The van der Waals surface area contributed by atoms with E-state index in [1.54, 1.807) is 20.3 Å². The van der Waals surface area contributed by atoms with Crippen molar-refractivity contribution >= 4 is 11.6 Å². The van der Waals surface area contributed by atoms with Crippen molar-refractivity contribution in [3.8, 4) is 11.5 Å². The van der Waals surface area contributed by atoms with Crippen molar-refractivity contribution in [1.82, 2.24) is 5.32 Å². The average Bonchev–Trinajstić information content (AvgIpc) is 2.45. The van der Waals surface area contributed by atoms with Gasteiger partial charge in [-0.3, -0.25) is 0 Å². The second-order valence-corrected chi connectivity index (χ2v) is 5.04. The molecule has 0 saturated heterocycles. The van der Waals surface area contributed by atoms with Crippen LogP contribution in [0.3, 0.4) is 0 Å². The number of rotatable bonds is 9. The lowest BCUT2D eigenvalue weighted by Crippen LogP contribution is -2.20. The molecule has 0 radical (unpaired) electrons. The van der Waals surface area contributed by atoms with Crippen LogP contribution in [0.2, 0.25) is 5.02 Å². The number of methoxy groups -OCH3 is 2. The van der Waals surface area contributed by atoms with Crippen LogP contribution in [0.4, 0.5) is 0 Å². The third-order valence-electron chi connectivity index (χ3n) is 3.01. The van der Waals surface area contributed by atoms with E-state index in [2.05, 4.69) is 12.2 Å². The fourth-order valence-electron chi connectivity index (χ4n) is 1.72. The number of hydrogen-bond acceptors (Lipinski definition) is 4. The molecule has 5 heteroatoms. The SMILES string of the molecule is CCC(C)Oc1c(CNCCOC)cc(Cl)cc1OC. The Morgan fingerprint density at radius 3 is 2.65 bits per heavy atom. The minimum Gasteiger partial charge on any atom is -0.493 e. The fraction of sp³-hybridized carbons (Fsp3) is 0.600. The lowest BCUT2D eigenvalue weighted by atomic mass is 10.1. The fourth-order valence-corrected chi connectivity index (χ4v) is 1.95. The molecule has 1 aromatic carbocycles. The quantitative estimate of drug-likeness (QED) is 0.711. The minimum absolute atomic E-state index is 0.128. The molecule has 114 valence electrons. The molecular formula is C15H24ClNO3. The van der Waals surface area contributed by atoms with Crippen molar-refractivity contribution in [2.45, 2.75) is 32.9 Å². The number of nitrogens with one attached hydrogen (secondary N) is 1. The molecule has 1 N–H and O–H groups in total. The van der Waals surface area contributed by atoms with Crippen LogP contribution in [0.5, 0.6) is 11.5 Å². The first kappa shape index (κ1) is 17.1. The monoisotopic (exact) mass is 301 g/mol. The summed E-state index contributed by atoms with van der Waals surface area (Å²) < 4.78 is 16.4. The first-order valence-corrected chi connectivity index (χ1v) is 7.22. The minimum atomic E-state index is 0.128. The molecule has 0 amide bonds. The molecule has 20 heavy (non-hydrogen) atoms. The zero-order chi connectivity index (χ0) is 15.0. The van der Waals surface area contributed by atoms with Gasteiger partial charge in [-0.15, -0.1) is 0 Å². The summed E-state index contributed by atoms with van der Waals surface area (Å²) in [6.45, 7) is 6.22. The van der Waals surface area contributed by atoms with Crippen LogP contribution < -0.4 is 14.8 Å². The van der Waals surface area contributed by atoms with Gasteiger partial charge in [-0.25, -0.2) is 0 Å². The van der Waals surface area contributed by atoms with Crippen LogP contribution in [-0.4, -0.2) is 33.5 Å². The van der Waals surface area contributed by atoms with E-state index in [0.29, 0.717) is 23.9 Å². The van der Waals surface area contributed by atoms with E-state index in [-0.39, 0.29) is 6.10 Å². The van der Waals surface area contributed by atoms with E-state index < -0.39 is 0 Å². The van der Waals surface area contributed by atoms with Crippen LogP contribution in [0, 0.1) is 0 Å². The Morgan fingerprint density at radius 1 is 1.30 bits per heavy atom. The van der Waals surface area contributed by atoms with Crippen LogP contribution in [0.15, 0.2) is 12.1 Å². The largest absolute Gasteiger partial charge is 0.493 e. The van der Waals surface area contributed by atoms with Gasteiger partial charge >= 0.3 is 0 Å². The van der Waals surface area contributed by atoms with Gasteiger partial charge in [-0.05, 0) is 19.4 Å². The van der Waals surface area contributed by atoms with Gasteiger partial charge in [0.05, 0.1) is 19.8 Å². The Morgan fingerprint density at radius 2 is 2.05 bits per heavy atom. The van der Waals surface area contributed by atoms with Crippen molar-refractivity contribution in [2.75, 3.05) is 27.4 Å². The molecule has 0 saturated carbocycles. The van der Waals surface area contributed by atoms with E-state index >= 15 is 0 Å². The molecule has 0 spiro atoms. The number of benzene rings is 1. The topological polar surface area (TPSA) is 39.7 Å². The molecule has 0 aromatic heterocycles. The molecule has 1 aromatic rings. The first-order chi connectivity index (χ1) is 9.62. The van der Waals surface area contributed by atoms with Gasteiger partial charge < -0.3 is 19.5 Å². The van der Waals surface area contributed by atoms with E-state index in [1.165, 1.54) is 0 Å². The van der Waals surface area contributed by atoms with Gasteiger partial charge in [0.1, 0.15) is 0 Å². The Hall–Kier alpha value is -0.970. The highest BCUT2D eigenvalue weighted by atomic mass is 35.5. The molecule has 1 rings (SSSR count). The van der Waals surface area contributed by atoms with Crippen LogP contribution in [0.25, 0.3) is 0 Å². The Kier molecular flexibility index (Phi) is 7.73. The van der Waals surface area contributed by atoms with Crippen molar-refractivity contribution in [2.24, 2.45) is 0 Å². The second-order valence-electron chi connectivity index (χ2n) is 4.60. The maximum absolute atomic E-state index is 6.12. The van der Waals surface area contributed by atoms with E-state index in [0.717, 1.165) is 24.3 Å². The molecule has 0 heterocycles. The third kappa shape index (κ3) is 5.19. The summed E-state index contributed by atoms with van der Waals surface area (Å²) in [7, 11) is 3.30. The summed E-state index contributed by atoms with van der Waals surface area (Å²) in [5.74, 6) is 1.43. The lowest BCUT2D eigenvalue weighted by molar-refractivity contribution is 0.196. The summed E-state index contributed by atoms with van der Waals surface area (Å²) in [4.78, 5) is 0. The highest BCUT2D eigenvalue weighted by Gasteiger charge is 2.15. The van der Waals surface area contributed by atoms with Gasteiger partial charge in [-0.1, -0.05) is 18.5 Å². The highest BCUT2D eigenvalue weighted by Crippen LogP contribution is 2.35. The Balaban J connectivity index is 2.90.